The van der Waals surface area contributed by atoms with Crippen LogP contribution in [0.3, 0.4) is 0 Å². The Balaban J connectivity index is 1.58. The van der Waals surface area contributed by atoms with Crippen molar-refractivity contribution in [1.82, 2.24) is 14.8 Å². The lowest BCUT2D eigenvalue weighted by Gasteiger charge is -2.07. The third kappa shape index (κ3) is 2.80. The van der Waals surface area contributed by atoms with Gasteiger partial charge in [-0.3, -0.25) is 4.57 Å². The van der Waals surface area contributed by atoms with E-state index in [0.29, 0.717) is 6.04 Å². The first-order valence-corrected chi connectivity index (χ1v) is 9.04. The van der Waals surface area contributed by atoms with Crippen LogP contribution >= 0.6 is 23.1 Å². The van der Waals surface area contributed by atoms with E-state index in [1.54, 1.807) is 23.1 Å². The predicted molar refractivity (Wildman–Crippen MR) is 87.6 cm³/mol. The monoisotopic (exact) mass is 331 g/mol. The number of hydrogen-bond acceptors (Lipinski definition) is 4. The summed E-state index contributed by atoms with van der Waals surface area (Å²) >= 11 is 3.35. The van der Waals surface area contributed by atoms with Crippen molar-refractivity contribution in [1.29, 1.82) is 0 Å². The number of nitrogens with zero attached hydrogens (tertiary/aromatic N) is 3. The van der Waals surface area contributed by atoms with E-state index in [1.165, 1.54) is 25.0 Å². The second-order valence-corrected chi connectivity index (χ2v) is 7.19. The predicted octanol–water partition coefficient (Wildman–Crippen LogP) is 4.77. The zero-order valence-electron chi connectivity index (χ0n) is 11.8. The van der Waals surface area contributed by atoms with Gasteiger partial charge in [-0.2, -0.15) is 0 Å². The van der Waals surface area contributed by atoms with Crippen molar-refractivity contribution in [3.8, 4) is 10.7 Å². The van der Waals surface area contributed by atoms with Gasteiger partial charge in [0.1, 0.15) is 5.82 Å². The van der Waals surface area contributed by atoms with Gasteiger partial charge in [-0.05, 0) is 42.0 Å². The molecule has 2 heterocycles. The molecule has 112 valence electrons. The number of thioether (sulfide) groups is 1. The van der Waals surface area contributed by atoms with Crippen molar-refractivity contribution in [2.75, 3.05) is 0 Å². The minimum absolute atomic E-state index is 0.199. The highest BCUT2D eigenvalue weighted by atomic mass is 32.2. The Morgan fingerprint density at radius 1 is 1.18 bits per heavy atom. The first-order valence-electron chi connectivity index (χ1n) is 7.17. The molecular formula is C16H14FN3S2. The summed E-state index contributed by atoms with van der Waals surface area (Å²) in [5, 5.41) is 11.8. The second-order valence-electron chi connectivity index (χ2n) is 5.30. The van der Waals surface area contributed by atoms with Gasteiger partial charge in [0.15, 0.2) is 11.0 Å². The third-order valence-electron chi connectivity index (χ3n) is 3.60. The quantitative estimate of drug-likeness (QED) is 0.631. The Hall–Kier alpha value is -1.66. The molecule has 0 spiro atoms. The topological polar surface area (TPSA) is 30.7 Å². The van der Waals surface area contributed by atoms with Crippen molar-refractivity contribution < 1.29 is 4.39 Å². The largest absolute Gasteiger partial charge is 0.298 e. The van der Waals surface area contributed by atoms with Crippen LogP contribution in [-0.2, 0) is 5.75 Å². The summed E-state index contributed by atoms with van der Waals surface area (Å²) in [6.07, 6.45) is 2.39. The number of rotatable bonds is 5. The van der Waals surface area contributed by atoms with E-state index >= 15 is 0 Å². The average molecular weight is 331 g/mol. The van der Waals surface area contributed by atoms with Crippen LogP contribution in [0.2, 0.25) is 0 Å². The third-order valence-corrected chi connectivity index (χ3v) is 5.48. The van der Waals surface area contributed by atoms with Crippen LogP contribution in [0.5, 0.6) is 0 Å². The van der Waals surface area contributed by atoms with E-state index < -0.39 is 0 Å². The summed E-state index contributed by atoms with van der Waals surface area (Å²) in [7, 11) is 0. The molecule has 4 rings (SSSR count). The van der Waals surface area contributed by atoms with E-state index in [4.69, 9.17) is 0 Å². The Morgan fingerprint density at radius 2 is 2.00 bits per heavy atom. The molecule has 0 radical (unpaired) electrons. The Labute approximate surface area is 136 Å². The minimum atomic E-state index is -0.199. The Bertz CT molecular complexity index is 761. The van der Waals surface area contributed by atoms with Gasteiger partial charge >= 0.3 is 0 Å². The van der Waals surface area contributed by atoms with E-state index in [0.717, 1.165) is 27.2 Å². The molecule has 1 aliphatic carbocycles. The van der Waals surface area contributed by atoms with Crippen molar-refractivity contribution in [3.63, 3.8) is 0 Å². The fourth-order valence-corrected chi connectivity index (χ4v) is 4.01. The van der Waals surface area contributed by atoms with E-state index in [9.17, 15) is 4.39 Å². The fraction of sp³-hybridized carbons (Fsp3) is 0.250. The summed E-state index contributed by atoms with van der Waals surface area (Å²) in [6, 6.07) is 11.3. The number of hydrogen-bond donors (Lipinski definition) is 0. The van der Waals surface area contributed by atoms with Crippen LogP contribution in [0.25, 0.3) is 10.7 Å². The molecule has 1 fully saturated rings. The summed E-state index contributed by atoms with van der Waals surface area (Å²) in [5.74, 6) is 1.55. The molecule has 0 bridgehead atoms. The molecule has 0 saturated heterocycles. The molecule has 1 aliphatic rings. The molecule has 1 aromatic carbocycles. The van der Waals surface area contributed by atoms with E-state index in [2.05, 4.69) is 26.2 Å². The highest BCUT2D eigenvalue weighted by Gasteiger charge is 2.30. The van der Waals surface area contributed by atoms with Crippen LogP contribution < -0.4 is 0 Å². The molecule has 1 saturated carbocycles. The normalized spacial score (nSPS) is 14.4. The lowest BCUT2D eigenvalue weighted by atomic mass is 10.2. The molecule has 0 amide bonds. The minimum Gasteiger partial charge on any atom is -0.298 e. The van der Waals surface area contributed by atoms with Crippen molar-refractivity contribution in [3.05, 3.63) is 53.2 Å². The maximum absolute atomic E-state index is 13.0. The van der Waals surface area contributed by atoms with E-state index in [1.807, 2.05) is 18.2 Å². The standard InChI is InChI=1S/C16H14FN3S2/c17-12-5-3-11(4-6-12)10-22-16-19-18-15(14-2-1-9-21-14)20(16)13-7-8-13/h1-6,9,13H,7-8,10H2. The summed E-state index contributed by atoms with van der Waals surface area (Å²) < 4.78 is 15.2. The van der Waals surface area contributed by atoms with E-state index in [-0.39, 0.29) is 5.82 Å². The summed E-state index contributed by atoms with van der Waals surface area (Å²) in [5.41, 5.74) is 1.09. The number of benzene rings is 1. The SMILES string of the molecule is Fc1ccc(CSc2nnc(-c3cccs3)n2C2CC2)cc1. The van der Waals surface area contributed by atoms with Gasteiger partial charge in [-0.25, -0.2) is 4.39 Å². The van der Waals surface area contributed by atoms with Crippen LogP contribution in [0.4, 0.5) is 4.39 Å². The molecule has 2 aromatic heterocycles. The van der Waals surface area contributed by atoms with Crippen LogP contribution in [0.15, 0.2) is 46.9 Å². The zero-order chi connectivity index (χ0) is 14.9. The number of halogens is 1. The first kappa shape index (κ1) is 14.0. The number of aromatic nitrogens is 3. The maximum atomic E-state index is 13.0. The first-order chi connectivity index (χ1) is 10.8. The smallest absolute Gasteiger partial charge is 0.192 e. The lowest BCUT2D eigenvalue weighted by Crippen LogP contribution is -1.99. The Morgan fingerprint density at radius 3 is 2.68 bits per heavy atom. The summed E-state index contributed by atoms with van der Waals surface area (Å²) in [4.78, 5) is 1.16. The lowest BCUT2D eigenvalue weighted by molar-refractivity contribution is 0.627. The van der Waals surface area contributed by atoms with Gasteiger partial charge in [0.05, 0.1) is 4.88 Å². The van der Waals surface area contributed by atoms with Gasteiger partial charge in [0, 0.05) is 11.8 Å². The van der Waals surface area contributed by atoms with Crippen LogP contribution in [0.1, 0.15) is 24.4 Å². The molecule has 6 heteroatoms. The molecule has 0 atom stereocenters. The molecule has 0 aliphatic heterocycles. The van der Waals surface area contributed by atoms with Gasteiger partial charge in [-0.15, -0.1) is 21.5 Å². The maximum Gasteiger partial charge on any atom is 0.192 e. The van der Waals surface area contributed by atoms with Crippen molar-refractivity contribution in [2.45, 2.75) is 29.8 Å². The van der Waals surface area contributed by atoms with Gasteiger partial charge in [-0.1, -0.05) is 30.0 Å². The molecule has 3 aromatic rings. The van der Waals surface area contributed by atoms with Crippen LogP contribution in [0, 0.1) is 5.82 Å². The van der Waals surface area contributed by atoms with Crippen LogP contribution in [-0.4, -0.2) is 14.8 Å². The molecule has 0 N–H and O–H groups in total. The average Bonchev–Trinajstić information content (AvgIpc) is 3.06. The fourth-order valence-electron chi connectivity index (χ4n) is 2.34. The van der Waals surface area contributed by atoms with Crippen molar-refractivity contribution in [2.24, 2.45) is 0 Å². The molecule has 0 unspecified atom stereocenters. The highest BCUT2D eigenvalue weighted by Crippen LogP contribution is 2.42. The zero-order valence-corrected chi connectivity index (χ0v) is 13.4. The highest BCUT2D eigenvalue weighted by molar-refractivity contribution is 7.98. The Kier molecular flexibility index (Phi) is 3.72. The van der Waals surface area contributed by atoms with Gasteiger partial charge in [0.2, 0.25) is 0 Å². The molecular weight excluding hydrogens is 317 g/mol. The molecule has 3 nitrogen and oxygen atoms in total. The van der Waals surface area contributed by atoms with Crippen molar-refractivity contribution >= 4 is 23.1 Å². The summed E-state index contributed by atoms with van der Waals surface area (Å²) in [6.45, 7) is 0. The van der Waals surface area contributed by atoms with Gasteiger partial charge in [0.25, 0.3) is 0 Å². The number of thiophene rings is 1. The van der Waals surface area contributed by atoms with Gasteiger partial charge < -0.3 is 0 Å². The molecule has 22 heavy (non-hydrogen) atoms. The second kappa shape index (κ2) is 5.85.